The second-order valence-electron chi connectivity index (χ2n) is 6.77. The first-order valence-electron chi connectivity index (χ1n) is 10.1. The van der Waals surface area contributed by atoms with Crippen LogP contribution in [0.15, 0.2) is 0 Å². The van der Waals surface area contributed by atoms with E-state index in [1.807, 2.05) is 0 Å². The summed E-state index contributed by atoms with van der Waals surface area (Å²) in [6.07, 6.45) is 18.7. The Labute approximate surface area is 188 Å². The van der Waals surface area contributed by atoms with Crippen LogP contribution in [0, 0.1) is 0 Å². The molecule has 0 bridgehead atoms. The van der Waals surface area contributed by atoms with E-state index in [9.17, 15) is 14.4 Å². The molecule has 0 saturated carbocycles. The number of ether oxygens (including phenoxy) is 1. The Kier molecular flexibility index (Phi) is 22.9. The predicted molar refractivity (Wildman–Crippen MR) is 107 cm³/mol. The van der Waals surface area contributed by atoms with Gasteiger partial charge in [0.05, 0.1) is 0 Å². The predicted octanol–water partition coefficient (Wildman–Crippen LogP) is 4.49. The van der Waals surface area contributed by atoms with Crippen molar-refractivity contribution in [2.75, 3.05) is 0 Å². The minimum absolute atomic E-state index is 0. The second-order valence-corrected chi connectivity index (χ2v) is 6.77. The molecule has 0 aromatic carbocycles. The number of carbonyl (C=O) groups excluding carboxylic acids is 2. The van der Waals surface area contributed by atoms with Crippen molar-refractivity contribution in [3.8, 4) is 0 Å². The Morgan fingerprint density at radius 2 is 1.00 bits per heavy atom. The maximum atomic E-state index is 11.2. The van der Waals surface area contributed by atoms with Gasteiger partial charge in [-0.05, 0) is 6.42 Å². The van der Waals surface area contributed by atoms with Crippen molar-refractivity contribution in [1.29, 1.82) is 0 Å². The van der Waals surface area contributed by atoms with E-state index in [0.29, 0.717) is 6.42 Å². The van der Waals surface area contributed by atoms with Crippen molar-refractivity contribution in [3.05, 3.63) is 0 Å². The van der Waals surface area contributed by atoms with Crippen molar-refractivity contribution in [2.45, 2.75) is 110 Å². The molecule has 150 valence electrons. The van der Waals surface area contributed by atoms with Gasteiger partial charge in [-0.15, -0.1) is 0 Å². The molecule has 0 aliphatic rings. The summed E-state index contributed by atoms with van der Waals surface area (Å²) < 4.78 is 4.15. The number of aliphatic carboxylic acids is 1. The van der Waals surface area contributed by atoms with E-state index in [1.165, 1.54) is 77.0 Å². The summed E-state index contributed by atoms with van der Waals surface area (Å²) in [6, 6.07) is 0. The van der Waals surface area contributed by atoms with E-state index in [2.05, 4.69) is 11.7 Å². The van der Waals surface area contributed by atoms with Crippen LogP contribution < -0.4 is 0 Å². The fourth-order valence-electron chi connectivity index (χ4n) is 2.84. The number of rotatable bonds is 16. The molecule has 0 rings (SSSR count). The standard InChI is InChI=1S/C20H36O5.Ca.2H/c1-2-3-4-5-6-7-8-9-10-11-12-13-14-15-16-17-18(21)25-20(24)19(22)23;;;/h2-17H2,1H3,(H,22,23);;;. The summed E-state index contributed by atoms with van der Waals surface area (Å²) >= 11 is 0. The fraction of sp³-hybridized carbons (Fsp3) is 0.850. The van der Waals surface area contributed by atoms with Crippen molar-refractivity contribution in [1.82, 2.24) is 0 Å². The Balaban J connectivity index is 0. The van der Waals surface area contributed by atoms with E-state index in [0.717, 1.165) is 12.8 Å². The molecule has 0 aromatic heterocycles. The van der Waals surface area contributed by atoms with Crippen molar-refractivity contribution >= 4 is 55.6 Å². The number of carbonyl (C=O) groups is 3. The van der Waals surface area contributed by atoms with Crippen LogP contribution in [0.4, 0.5) is 0 Å². The van der Waals surface area contributed by atoms with Crippen LogP contribution in [-0.2, 0) is 19.1 Å². The second kappa shape index (κ2) is 21.2. The van der Waals surface area contributed by atoms with Gasteiger partial charge in [-0.25, -0.2) is 9.59 Å². The Hall–Kier alpha value is -0.130. The Bertz CT molecular complexity index is 371. The first-order chi connectivity index (χ1) is 12.1. The first-order valence-corrected chi connectivity index (χ1v) is 10.1. The van der Waals surface area contributed by atoms with Crippen LogP contribution in [0.2, 0.25) is 0 Å². The number of carboxylic acids is 1. The number of hydrogen-bond acceptors (Lipinski definition) is 4. The maximum absolute atomic E-state index is 11.2. The zero-order chi connectivity index (χ0) is 18.8. The van der Waals surface area contributed by atoms with Gasteiger partial charge in [0.1, 0.15) is 0 Å². The summed E-state index contributed by atoms with van der Waals surface area (Å²) in [6.45, 7) is 2.25. The van der Waals surface area contributed by atoms with Gasteiger partial charge in [0.25, 0.3) is 0 Å². The molecule has 0 aliphatic heterocycles. The van der Waals surface area contributed by atoms with Gasteiger partial charge >= 0.3 is 55.6 Å². The van der Waals surface area contributed by atoms with Gasteiger partial charge < -0.3 is 9.84 Å². The third-order valence-corrected chi connectivity index (χ3v) is 4.37. The van der Waals surface area contributed by atoms with E-state index >= 15 is 0 Å². The first kappa shape index (κ1) is 28.1. The summed E-state index contributed by atoms with van der Waals surface area (Å²) in [5, 5.41) is 8.31. The van der Waals surface area contributed by atoms with Gasteiger partial charge in [0, 0.05) is 6.42 Å². The monoisotopic (exact) mass is 398 g/mol. The van der Waals surface area contributed by atoms with E-state index < -0.39 is 17.9 Å². The molecule has 0 aromatic rings. The molecule has 26 heavy (non-hydrogen) atoms. The average Bonchev–Trinajstić information content (AvgIpc) is 2.58. The third kappa shape index (κ3) is 20.2. The quantitative estimate of drug-likeness (QED) is 0.136. The zero-order valence-electron chi connectivity index (χ0n) is 15.9. The normalized spacial score (nSPS) is 10.2. The van der Waals surface area contributed by atoms with Crippen molar-refractivity contribution < 1.29 is 24.2 Å². The van der Waals surface area contributed by atoms with Gasteiger partial charge in [-0.1, -0.05) is 96.8 Å². The molecule has 0 heterocycles. The van der Waals surface area contributed by atoms with Crippen LogP contribution >= 0.6 is 0 Å². The molecule has 0 atom stereocenters. The fourth-order valence-corrected chi connectivity index (χ4v) is 2.84. The molecule has 0 spiro atoms. The molecular weight excluding hydrogens is 360 g/mol. The Morgan fingerprint density at radius 3 is 1.35 bits per heavy atom. The van der Waals surface area contributed by atoms with Gasteiger partial charge in [0.2, 0.25) is 0 Å². The molecule has 1 N–H and O–H groups in total. The molecule has 5 nitrogen and oxygen atoms in total. The van der Waals surface area contributed by atoms with E-state index in [1.54, 1.807) is 0 Å². The molecule has 6 heteroatoms. The SMILES string of the molecule is CCCCCCCCCCCCCCCCCC(=O)OC(=O)C(=O)O.[CaH2]. The molecule has 0 radical (unpaired) electrons. The third-order valence-electron chi connectivity index (χ3n) is 4.37. The number of esters is 2. The summed E-state index contributed by atoms with van der Waals surface area (Å²) in [5.41, 5.74) is 0. The van der Waals surface area contributed by atoms with Gasteiger partial charge in [0.15, 0.2) is 0 Å². The van der Waals surface area contributed by atoms with Gasteiger partial charge in [-0.2, -0.15) is 0 Å². The summed E-state index contributed by atoms with van der Waals surface area (Å²) in [5.74, 6) is -3.97. The summed E-state index contributed by atoms with van der Waals surface area (Å²) in [4.78, 5) is 32.1. The van der Waals surface area contributed by atoms with Crippen molar-refractivity contribution in [2.24, 2.45) is 0 Å². The number of carboxylic acid groups (broad SMARTS) is 1. The average molecular weight is 399 g/mol. The molecule has 0 aliphatic carbocycles. The number of hydrogen-bond donors (Lipinski definition) is 1. The van der Waals surface area contributed by atoms with Crippen LogP contribution in [0.3, 0.4) is 0 Å². The molecule has 0 unspecified atom stereocenters. The van der Waals surface area contributed by atoms with Gasteiger partial charge in [-0.3, -0.25) is 4.79 Å². The number of unbranched alkanes of at least 4 members (excludes halogenated alkanes) is 14. The van der Waals surface area contributed by atoms with Crippen LogP contribution in [0.5, 0.6) is 0 Å². The van der Waals surface area contributed by atoms with Crippen LogP contribution in [0.1, 0.15) is 110 Å². The topological polar surface area (TPSA) is 80.7 Å². The van der Waals surface area contributed by atoms with Crippen LogP contribution in [0.25, 0.3) is 0 Å². The molecule has 0 amide bonds. The Morgan fingerprint density at radius 1 is 0.654 bits per heavy atom. The van der Waals surface area contributed by atoms with Crippen molar-refractivity contribution in [3.63, 3.8) is 0 Å². The van der Waals surface area contributed by atoms with E-state index in [-0.39, 0.29) is 44.2 Å². The molecular formula is C20H38CaO5. The minimum atomic E-state index is -1.73. The van der Waals surface area contributed by atoms with E-state index in [4.69, 9.17) is 5.11 Å². The molecule has 0 fully saturated rings. The molecule has 0 saturated heterocycles. The van der Waals surface area contributed by atoms with Crippen LogP contribution in [-0.4, -0.2) is 60.8 Å². The summed E-state index contributed by atoms with van der Waals surface area (Å²) in [7, 11) is 0. The zero-order valence-corrected chi connectivity index (χ0v) is 15.9.